The molecular weight excluding hydrogens is 383 g/mol. The molecule has 0 saturated carbocycles. The van der Waals surface area contributed by atoms with Crippen LogP contribution in [-0.2, 0) is 0 Å². The van der Waals surface area contributed by atoms with Gasteiger partial charge in [0.1, 0.15) is 16.3 Å². The number of hydrogen-bond acceptors (Lipinski definition) is 3. The molecule has 0 radical (unpaired) electrons. The monoisotopic (exact) mass is 390 g/mol. The Morgan fingerprint density at radius 2 is 1.76 bits per heavy atom. The second kappa shape index (κ2) is 6.23. The molecule has 4 rings (SSSR count). The number of anilines is 1. The van der Waals surface area contributed by atoms with E-state index in [0.717, 1.165) is 5.56 Å². The first-order valence-corrected chi connectivity index (χ1v) is 8.39. The Balaban J connectivity index is 1.75. The van der Waals surface area contributed by atoms with Gasteiger partial charge in [0, 0.05) is 17.4 Å². The van der Waals surface area contributed by atoms with E-state index in [-0.39, 0.29) is 5.91 Å². The van der Waals surface area contributed by atoms with Crippen LogP contribution in [0.15, 0.2) is 53.1 Å². The smallest absolute Gasteiger partial charge is 0.260 e. The van der Waals surface area contributed by atoms with Crippen molar-refractivity contribution in [1.29, 1.82) is 0 Å². The first-order valence-electron chi connectivity index (χ1n) is 7.26. The van der Waals surface area contributed by atoms with Gasteiger partial charge in [0.25, 0.3) is 5.91 Å². The van der Waals surface area contributed by atoms with Gasteiger partial charge in [-0.3, -0.25) is 4.79 Å². The molecule has 0 unspecified atom stereocenters. The van der Waals surface area contributed by atoms with Gasteiger partial charge in [-0.15, -0.1) is 0 Å². The molecule has 7 heteroatoms. The maximum atomic E-state index is 12.8. The number of nitrogens with one attached hydrogen (secondary N) is 1. The van der Waals surface area contributed by atoms with Gasteiger partial charge in [-0.1, -0.05) is 34.8 Å². The standard InChI is InChI=1S/C18H9Cl3N2O2/c19-11-2-1-10(8-12(11)20)23-18(24)17-14-4-3-13(25-14)16(17)9-5-6-22-15(21)7-9/h1-8H,(H,23,24). The van der Waals surface area contributed by atoms with Crippen molar-refractivity contribution in [1.82, 2.24) is 4.98 Å². The Bertz CT molecular complexity index is 1090. The molecule has 0 aliphatic heterocycles. The first-order chi connectivity index (χ1) is 12.0. The Labute approximate surface area is 157 Å². The van der Waals surface area contributed by atoms with Crippen LogP contribution in [0.4, 0.5) is 5.69 Å². The van der Waals surface area contributed by atoms with Gasteiger partial charge in [0.15, 0.2) is 0 Å². The fraction of sp³-hybridized carbons (Fsp3) is 0. The van der Waals surface area contributed by atoms with Gasteiger partial charge in [0.2, 0.25) is 0 Å². The Morgan fingerprint density at radius 1 is 0.960 bits per heavy atom. The number of pyridine rings is 1. The molecule has 0 fully saturated rings. The number of furan rings is 2. The SMILES string of the molecule is O=C(Nc1ccc(Cl)c(Cl)c1)c1c(-c2ccnc(Cl)c2)c2ccc1o2. The molecule has 1 N–H and O–H groups in total. The number of fused-ring (bicyclic) bond motifs is 2. The average Bonchev–Trinajstić information content (AvgIpc) is 3.19. The summed E-state index contributed by atoms with van der Waals surface area (Å²) in [7, 11) is 0. The van der Waals surface area contributed by atoms with Gasteiger partial charge in [0.05, 0.1) is 15.6 Å². The van der Waals surface area contributed by atoms with Gasteiger partial charge in [-0.05, 0) is 48.0 Å². The van der Waals surface area contributed by atoms with Gasteiger partial charge in [-0.25, -0.2) is 4.98 Å². The molecule has 3 heterocycles. The second-order valence-electron chi connectivity index (χ2n) is 5.36. The molecule has 4 aromatic rings. The van der Waals surface area contributed by atoms with Crippen molar-refractivity contribution in [2.24, 2.45) is 0 Å². The zero-order valence-electron chi connectivity index (χ0n) is 12.5. The number of aromatic nitrogens is 1. The van der Waals surface area contributed by atoms with Crippen LogP contribution in [0, 0.1) is 0 Å². The summed E-state index contributed by atoms with van der Waals surface area (Å²) in [4.78, 5) is 16.8. The molecule has 3 aromatic heterocycles. The Hall–Kier alpha value is -2.27. The Morgan fingerprint density at radius 3 is 2.52 bits per heavy atom. The zero-order chi connectivity index (χ0) is 17.6. The van der Waals surface area contributed by atoms with E-state index >= 15 is 0 Å². The summed E-state index contributed by atoms with van der Waals surface area (Å²) >= 11 is 17.9. The quantitative estimate of drug-likeness (QED) is 0.426. The van der Waals surface area contributed by atoms with Crippen molar-refractivity contribution in [2.45, 2.75) is 0 Å². The summed E-state index contributed by atoms with van der Waals surface area (Å²) in [6.45, 7) is 0. The largest absolute Gasteiger partial charge is 0.456 e. The molecular formula is C18H9Cl3N2O2. The minimum Gasteiger partial charge on any atom is -0.456 e. The second-order valence-corrected chi connectivity index (χ2v) is 6.57. The van der Waals surface area contributed by atoms with E-state index in [2.05, 4.69) is 10.3 Å². The first kappa shape index (κ1) is 16.2. The molecule has 0 saturated heterocycles. The lowest BCUT2D eigenvalue weighted by atomic mass is 10.00. The summed E-state index contributed by atoms with van der Waals surface area (Å²) in [5.74, 6) is -0.310. The molecule has 25 heavy (non-hydrogen) atoms. The van der Waals surface area contributed by atoms with E-state index in [4.69, 9.17) is 39.2 Å². The maximum Gasteiger partial charge on any atom is 0.260 e. The van der Waals surface area contributed by atoms with Crippen molar-refractivity contribution in [3.8, 4) is 11.1 Å². The van der Waals surface area contributed by atoms with Crippen LogP contribution in [0.3, 0.4) is 0 Å². The van der Waals surface area contributed by atoms with Crippen LogP contribution < -0.4 is 5.32 Å². The molecule has 0 aliphatic carbocycles. The topological polar surface area (TPSA) is 55.1 Å². The van der Waals surface area contributed by atoms with Gasteiger partial charge >= 0.3 is 0 Å². The highest BCUT2D eigenvalue weighted by molar-refractivity contribution is 6.42. The molecule has 124 valence electrons. The highest BCUT2D eigenvalue weighted by Crippen LogP contribution is 2.38. The Kier molecular flexibility index (Phi) is 4.04. The number of benzene rings is 2. The number of hydrogen-bond donors (Lipinski definition) is 1. The third kappa shape index (κ3) is 2.93. The molecule has 1 amide bonds. The fourth-order valence-electron chi connectivity index (χ4n) is 2.69. The minimum absolute atomic E-state index is 0.310. The van der Waals surface area contributed by atoms with E-state index in [9.17, 15) is 4.79 Å². The number of amides is 1. The zero-order valence-corrected chi connectivity index (χ0v) is 14.8. The van der Waals surface area contributed by atoms with Crippen LogP contribution in [0.2, 0.25) is 15.2 Å². The molecule has 0 spiro atoms. The van der Waals surface area contributed by atoms with E-state index in [1.54, 1.807) is 42.6 Å². The minimum atomic E-state index is -0.310. The van der Waals surface area contributed by atoms with Crippen LogP contribution in [-0.4, -0.2) is 10.9 Å². The number of nitrogens with zero attached hydrogens (tertiary/aromatic N) is 1. The van der Waals surface area contributed by atoms with Crippen LogP contribution in [0.1, 0.15) is 10.4 Å². The van der Waals surface area contributed by atoms with E-state index in [0.29, 0.717) is 43.2 Å². The lowest BCUT2D eigenvalue weighted by Crippen LogP contribution is -2.12. The number of rotatable bonds is 3. The molecule has 0 aliphatic rings. The number of halogens is 3. The molecule has 2 bridgehead atoms. The van der Waals surface area contributed by atoms with Crippen molar-refractivity contribution >= 4 is 57.6 Å². The van der Waals surface area contributed by atoms with E-state index in [1.807, 2.05) is 6.07 Å². The van der Waals surface area contributed by atoms with Gasteiger partial charge < -0.3 is 9.73 Å². The van der Waals surface area contributed by atoms with Crippen molar-refractivity contribution in [2.75, 3.05) is 5.32 Å². The number of carbonyl (C=O) groups excluding carboxylic acids is 1. The third-order valence-electron chi connectivity index (χ3n) is 3.77. The lowest BCUT2D eigenvalue weighted by Gasteiger charge is -2.08. The molecule has 0 atom stereocenters. The van der Waals surface area contributed by atoms with Crippen molar-refractivity contribution in [3.05, 3.63) is 69.4 Å². The lowest BCUT2D eigenvalue weighted by molar-refractivity contribution is 0.102. The number of carbonyl (C=O) groups is 1. The maximum absolute atomic E-state index is 12.8. The fourth-order valence-corrected chi connectivity index (χ4v) is 3.16. The predicted octanol–water partition coefficient (Wildman–Crippen LogP) is 6.15. The van der Waals surface area contributed by atoms with Crippen LogP contribution >= 0.6 is 34.8 Å². The highest BCUT2D eigenvalue weighted by Gasteiger charge is 2.24. The summed E-state index contributed by atoms with van der Waals surface area (Å²) in [6, 6.07) is 11.9. The van der Waals surface area contributed by atoms with Crippen molar-refractivity contribution in [3.63, 3.8) is 0 Å². The normalized spacial score (nSPS) is 11.2. The summed E-state index contributed by atoms with van der Waals surface area (Å²) in [5.41, 5.74) is 3.52. The highest BCUT2D eigenvalue weighted by atomic mass is 35.5. The van der Waals surface area contributed by atoms with Gasteiger partial charge in [-0.2, -0.15) is 0 Å². The van der Waals surface area contributed by atoms with Crippen LogP contribution in [0.5, 0.6) is 0 Å². The van der Waals surface area contributed by atoms with E-state index in [1.165, 1.54) is 0 Å². The molecule has 4 nitrogen and oxygen atoms in total. The summed E-state index contributed by atoms with van der Waals surface area (Å²) < 4.78 is 5.67. The predicted molar refractivity (Wildman–Crippen MR) is 100 cm³/mol. The van der Waals surface area contributed by atoms with Crippen LogP contribution in [0.25, 0.3) is 22.3 Å². The molecule has 1 aromatic carbocycles. The summed E-state index contributed by atoms with van der Waals surface area (Å²) in [6.07, 6.45) is 1.58. The van der Waals surface area contributed by atoms with E-state index < -0.39 is 0 Å². The third-order valence-corrected chi connectivity index (χ3v) is 4.71. The summed E-state index contributed by atoms with van der Waals surface area (Å²) in [5, 5.41) is 3.93. The van der Waals surface area contributed by atoms with Crippen molar-refractivity contribution < 1.29 is 9.21 Å². The average molecular weight is 392 g/mol.